The summed E-state index contributed by atoms with van der Waals surface area (Å²) in [5, 5.41) is 12.2. The number of alkyl halides is 1. The lowest BCUT2D eigenvalue weighted by Crippen LogP contribution is -2.52. The first-order chi connectivity index (χ1) is 24.7. The van der Waals surface area contributed by atoms with Gasteiger partial charge >= 0.3 is 12.1 Å². The van der Waals surface area contributed by atoms with Gasteiger partial charge in [-0.2, -0.15) is 9.97 Å². The number of halogens is 3. The number of likely N-dealkylation sites (N-methyl/N-ethyl adjacent to an activating group) is 1. The van der Waals surface area contributed by atoms with E-state index in [1.54, 1.807) is 63.9 Å². The van der Waals surface area contributed by atoms with Crippen molar-refractivity contribution in [3.63, 3.8) is 0 Å². The van der Waals surface area contributed by atoms with Gasteiger partial charge in [0.15, 0.2) is 5.82 Å². The first kappa shape index (κ1) is 35.7. The summed E-state index contributed by atoms with van der Waals surface area (Å²) < 4.78 is 58.5. The van der Waals surface area contributed by atoms with Crippen molar-refractivity contribution in [3.8, 4) is 29.6 Å². The molecule has 0 spiro atoms. The number of likely N-dealkylation sites (tertiary alicyclic amines) is 1. The van der Waals surface area contributed by atoms with Crippen LogP contribution in [-0.2, 0) is 4.74 Å². The third-order valence-electron chi connectivity index (χ3n) is 10.6. The number of carbonyl (C=O) groups is 1. The molecule has 5 heterocycles. The summed E-state index contributed by atoms with van der Waals surface area (Å²) in [6.45, 7) is 8.46. The molecule has 0 saturated carbocycles. The fourth-order valence-corrected chi connectivity index (χ4v) is 8.38. The van der Waals surface area contributed by atoms with Crippen LogP contribution in [0, 0.1) is 24.0 Å². The van der Waals surface area contributed by atoms with Crippen molar-refractivity contribution >= 4 is 33.6 Å². The number of nitrogens with zero attached hydrogens (tertiary/aromatic N) is 6. The molecule has 0 radical (unpaired) electrons. The van der Waals surface area contributed by atoms with Crippen molar-refractivity contribution in [2.75, 3.05) is 38.2 Å². The first-order valence-electron chi connectivity index (χ1n) is 17.7. The van der Waals surface area contributed by atoms with Crippen LogP contribution in [0.5, 0.6) is 6.01 Å². The standard InChI is InChI=1S/C39H43F3N6O4/c1-7-25-28(41)13-12-23-10-8-11-26(30(23)25)32-31(42)33-27(19-43-32)35(45-36(44-33)51-21-39-15-9-16-47(39)20-24(40)18-39)46(6)29-14-17-48(34(29)22(2)49)37(50)52-38(3,4)5/h1,8,10-13,19,22,24,29,34,49H,9,14-18,20-21H2,2-6H3/t22-,24-,29-,34-,39+/m1/s1. The van der Waals surface area contributed by atoms with Gasteiger partial charge in [0.25, 0.3) is 0 Å². The van der Waals surface area contributed by atoms with E-state index < -0.39 is 53.2 Å². The van der Waals surface area contributed by atoms with Crippen molar-refractivity contribution < 1.29 is 32.5 Å². The molecule has 10 nitrogen and oxygen atoms in total. The topological polar surface area (TPSA) is 104 Å². The molecule has 3 aliphatic rings. The first-order valence-corrected chi connectivity index (χ1v) is 17.7. The molecule has 0 aliphatic carbocycles. The number of hydrogen-bond donors (Lipinski definition) is 1. The fourth-order valence-electron chi connectivity index (χ4n) is 8.38. The third kappa shape index (κ3) is 6.26. The van der Waals surface area contributed by atoms with Crippen LogP contribution in [-0.4, -0.2) is 105 Å². The maximum absolute atomic E-state index is 17.0. The number of ether oxygens (including phenoxy) is 2. The van der Waals surface area contributed by atoms with E-state index in [2.05, 4.69) is 20.8 Å². The second-order valence-corrected chi connectivity index (χ2v) is 15.2. The molecule has 52 heavy (non-hydrogen) atoms. The van der Waals surface area contributed by atoms with Crippen molar-refractivity contribution in [1.29, 1.82) is 0 Å². The average molecular weight is 717 g/mol. The SMILES string of the molecule is C#Cc1c(F)ccc2cccc(-c3ncc4c(N(C)[C@@H]5CCN(C(=O)OC(C)(C)C)[C@@H]5[C@@H](C)O)nc(OC[C@@]56CCCN5C[C@H](F)C6)nc4c3F)c12. The minimum atomic E-state index is -0.972. The Labute approximate surface area is 300 Å². The van der Waals surface area contributed by atoms with E-state index in [4.69, 9.17) is 20.9 Å². The van der Waals surface area contributed by atoms with Crippen LogP contribution < -0.4 is 9.64 Å². The summed E-state index contributed by atoms with van der Waals surface area (Å²) in [7, 11) is 1.75. The van der Waals surface area contributed by atoms with E-state index in [9.17, 15) is 18.7 Å². The number of terminal acetylenes is 1. The molecular weight excluding hydrogens is 673 g/mol. The largest absolute Gasteiger partial charge is 0.461 e. The Balaban J connectivity index is 1.34. The number of benzene rings is 2. The van der Waals surface area contributed by atoms with E-state index in [-0.39, 0.29) is 40.6 Å². The Kier molecular flexibility index (Phi) is 9.20. The van der Waals surface area contributed by atoms with Crippen molar-refractivity contribution in [3.05, 3.63) is 53.7 Å². The van der Waals surface area contributed by atoms with Crippen LogP contribution in [0.4, 0.5) is 23.8 Å². The normalized spacial score (nSPS) is 23.9. The number of aliphatic hydroxyl groups excluding tert-OH is 1. The number of carbonyl (C=O) groups excluding carboxylic acids is 1. The van der Waals surface area contributed by atoms with Crippen molar-refractivity contribution in [1.82, 2.24) is 24.8 Å². The zero-order chi connectivity index (χ0) is 37.1. The molecule has 13 heteroatoms. The molecule has 2 aromatic carbocycles. The highest BCUT2D eigenvalue weighted by Crippen LogP contribution is 2.42. The van der Waals surface area contributed by atoms with Gasteiger partial charge in [0.05, 0.1) is 34.7 Å². The third-order valence-corrected chi connectivity index (χ3v) is 10.6. The van der Waals surface area contributed by atoms with Gasteiger partial charge in [-0.25, -0.2) is 18.0 Å². The zero-order valence-electron chi connectivity index (χ0n) is 30.0. The van der Waals surface area contributed by atoms with Gasteiger partial charge in [-0.15, -0.1) is 6.42 Å². The van der Waals surface area contributed by atoms with Crippen LogP contribution in [0.1, 0.15) is 58.9 Å². The maximum Gasteiger partial charge on any atom is 0.410 e. The molecule has 0 bridgehead atoms. The lowest BCUT2D eigenvalue weighted by molar-refractivity contribution is 0.00622. The Morgan fingerprint density at radius 1 is 1.21 bits per heavy atom. The summed E-state index contributed by atoms with van der Waals surface area (Å²) in [5.41, 5.74) is -1.16. The number of pyridine rings is 1. The van der Waals surface area contributed by atoms with E-state index in [1.165, 1.54) is 17.2 Å². The minimum absolute atomic E-state index is 0.00965. The summed E-state index contributed by atoms with van der Waals surface area (Å²) in [4.78, 5) is 32.5. The molecule has 1 amide bonds. The van der Waals surface area contributed by atoms with Crippen molar-refractivity contribution in [2.45, 2.75) is 88.9 Å². The van der Waals surface area contributed by atoms with Gasteiger partial charge in [0.2, 0.25) is 0 Å². The average Bonchev–Trinajstić information content (AvgIpc) is 3.79. The van der Waals surface area contributed by atoms with Crippen molar-refractivity contribution in [2.24, 2.45) is 0 Å². The molecule has 0 unspecified atom stereocenters. The summed E-state index contributed by atoms with van der Waals surface area (Å²) in [6, 6.07) is 6.69. The number of aliphatic hydroxyl groups is 1. The number of hydrogen-bond acceptors (Lipinski definition) is 9. The Hall–Kier alpha value is -4.67. The molecule has 1 N–H and O–H groups in total. The van der Waals surface area contributed by atoms with Gasteiger partial charge in [0.1, 0.15) is 41.2 Å². The molecular formula is C39H43F3N6O4. The highest BCUT2D eigenvalue weighted by Gasteiger charge is 2.50. The van der Waals surface area contributed by atoms with Gasteiger partial charge in [-0.05, 0) is 65.0 Å². The van der Waals surface area contributed by atoms with Crippen LogP contribution in [0.25, 0.3) is 32.9 Å². The van der Waals surface area contributed by atoms with E-state index in [0.29, 0.717) is 42.3 Å². The second-order valence-electron chi connectivity index (χ2n) is 15.2. The molecule has 3 fully saturated rings. The van der Waals surface area contributed by atoms with Crippen LogP contribution >= 0.6 is 0 Å². The number of amides is 1. The summed E-state index contributed by atoms with van der Waals surface area (Å²) in [5.74, 6) is 1.27. The highest BCUT2D eigenvalue weighted by molar-refractivity contribution is 6.02. The molecule has 4 aromatic rings. The smallest absolute Gasteiger partial charge is 0.410 e. The predicted molar refractivity (Wildman–Crippen MR) is 192 cm³/mol. The lowest BCUT2D eigenvalue weighted by atomic mass is 9.95. The Morgan fingerprint density at radius 2 is 2.00 bits per heavy atom. The van der Waals surface area contributed by atoms with Gasteiger partial charge in [-0.1, -0.05) is 30.2 Å². The molecule has 274 valence electrons. The lowest BCUT2D eigenvalue weighted by Gasteiger charge is -2.36. The van der Waals surface area contributed by atoms with Crippen LogP contribution in [0.3, 0.4) is 0 Å². The second kappa shape index (κ2) is 13.4. The van der Waals surface area contributed by atoms with E-state index in [1.807, 2.05) is 0 Å². The van der Waals surface area contributed by atoms with Crippen LogP contribution in [0.15, 0.2) is 36.5 Å². The quantitative estimate of drug-likeness (QED) is 0.222. The molecule has 5 atom stereocenters. The fraction of sp³-hybridized carbons (Fsp3) is 0.487. The van der Waals surface area contributed by atoms with Gasteiger partial charge in [0, 0.05) is 43.7 Å². The van der Waals surface area contributed by atoms with Gasteiger partial charge < -0.3 is 24.4 Å². The summed E-state index contributed by atoms with van der Waals surface area (Å²) >= 11 is 0. The van der Waals surface area contributed by atoms with Gasteiger partial charge in [-0.3, -0.25) is 9.88 Å². The minimum Gasteiger partial charge on any atom is -0.461 e. The predicted octanol–water partition coefficient (Wildman–Crippen LogP) is 6.25. The maximum atomic E-state index is 17.0. The number of anilines is 1. The number of rotatable bonds is 7. The zero-order valence-corrected chi connectivity index (χ0v) is 30.0. The number of aromatic nitrogens is 3. The molecule has 2 aromatic heterocycles. The van der Waals surface area contributed by atoms with Crippen LogP contribution in [0.2, 0.25) is 0 Å². The molecule has 3 aliphatic heterocycles. The Bertz CT molecular complexity index is 2080. The number of fused-ring (bicyclic) bond motifs is 3. The van der Waals surface area contributed by atoms with E-state index in [0.717, 1.165) is 19.4 Å². The summed E-state index contributed by atoms with van der Waals surface area (Å²) in [6.07, 6.45) is 7.14. The van der Waals surface area contributed by atoms with E-state index >= 15 is 4.39 Å². The molecule has 3 saturated heterocycles. The molecule has 7 rings (SSSR count). The highest BCUT2D eigenvalue weighted by atomic mass is 19.1. The monoisotopic (exact) mass is 716 g/mol. The Morgan fingerprint density at radius 3 is 2.73 bits per heavy atom.